The Balaban J connectivity index is 2.17. The molecule has 80 valence electrons. The lowest BCUT2D eigenvalue weighted by Crippen LogP contribution is -2.35. The van der Waals surface area contributed by atoms with Crippen LogP contribution in [0.1, 0.15) is 37.3 Å². The fourth-order valence-corrected chi connectivity index (χ4v) is 3.16. The van der Waals surface area contributed by atoms with E-state index < -0.39 is 0 Å². The Kier molecular flexibility index (Phi) is 1.87. The van der Waals surface area contributed by atoms with Crippen molar-refractivity contribution in [2.45, 2.75) is 38.1 Å². The van der Waals surface area contributed by atoms with Crippen molar-refractivity contribution in [3.8, 4) is 0 Å². The van der Waals surface area contributed by atoms with Crippen LogP contribution >= 0.6 is 0 Å². The molecule has 0 amide bonds. The third-order valence-corrected chi connectivity index (χ3v) is 3.82. The molecule has 3 heteroatoms. The molecule has 3 nitrogen and oxygen atoms in total. The Morgan fingerprint density at radius 3 is 3.07 bits per heavy atom. The molecular weight excluding hydrogens is 188 g/mol. The van der Waals surface area contributed by atoms with Crippen LogP contribution in [0.25, 0.3) is 0 Å². The van der Waals surface area contributed by atoms with Gasteiger partial charge in [0.05, 0.1) is 0 Å². The second-order valence-electron chi connectivity index (χ2n) is 4.89. The van der Waals surface area contributed by atoms with Crippen molar-refractivity contribution < 1.29 is 0 Å². The fraction of sp³-hybridized carbons (Fsp3) is 0.583. The van der Waals surface area contributed by atoms with Crippen LogP contribution in [-0.4, -0.2) is 4.57 Å². The van der Waals surface area contributed by atoms with E-state index in [1.165, 1.54) is 31.4 Å². The Hall–Kier alpha value is -1.25. The molecule has 0 radical (unpaired) electrons. The molecular formula is C12H16N2O. The summed E-state index contributed by atoms with van der Waals surface area (Å²) in [5.41, 5.74) is 7.62. The minimum Gasteiger partial charge on any atom is -0.399 e. The van der Waals surface area contributed by atoms with E-state index in [9.17, 15) is 4.79 Å². The zero-order valence-corrected chi connectivity index (χ0v) is 8.78. The molecule has 1 unspecified atom stereocenters. The number of hydrogen-bond donors (Lipinski definition) is 1. The summed E-state index contributed by atoms with van der Waals surface area (Å²) < 4.78 is 1.94. The maximum Gasteiger partial charge on any atom is 0.252 e. The molecule has 2 bridgehead atoms. The number of pyridine rings is 1. The van der Waals surface area contributed by atoms with E-state index in [1.54, 1.807) is 6.07 Å². The van der Waals surface area contributed by atoms with E-state index in [0.29, 0.717) is 11.6 Å². The number of rotatable bonds is 0. The third-order valence-electron chi connectivity index (χ3n) is 3.82. The van der Waals surface area contributed by atoms with Crippen LogP contribution in [0.3, 0.4) is 0 Å². The highest BCUT2D eigenvalue weighted by Crippen LogP contribution is 2.40. The quantitative estimate of drug-likeness (QED) is 0.699. The van der Waals surface area contributed by atoms with Crippen LogP contribution in [0, 0.1) is 5.92 Å². The fourth-order valence-electron chi connectivity index (χ4n) is 3.16. The number of nitrogen functional groups attached to an aromatic ring is 1. The number of nitrogens with two attached hydrogens (primary N) is 1. The predicted molar refractivity (Wildman–Crippen MR) is 59.8 cm³/mol. The first-order valence-corrected chi connectivity index (χ1v) is 5.74. The van der Waals surface area contributed by atoms with Gasteiger partial charge in [-0.05, 0) is 37.2 Å². The average Bonchev–Trinajstić information content (AvgIpc) is 2.21. The summed E-state index contributed by atoms with van der Waals surface area (Å²) in [6, 6.07) is 3.54. The van der Waals surface area contributed by atoms with E-state index >= 15 is 0 Å². The molecule has 0 aromatic carbocycles. The Labute approximate surface area is 88.9 Å². The van der Waals surface area contributed by atoms with Crippen molar-refractivity contribution in [3.63, 3.8) is 0 Å². The molecule has 1 aromatic rings. The van der Waals surface area contributed by atoms with Crippen LogP contribution in [0.5, 0.6) is 0 Å². The van der Waals surface area contributed by atoms with Crippen molar-refractivity contribution >= 4 is 5.69 Å². The van der Waals surface area contributed by atoms with Gasteiger partial charge in [-0.3, -0.25) is 4.79 Å². The molecule has 2 atom stereocenters. The van der Waals surface area contributed by atoms with Gasteiger partial charge in [-0.15, -0.1) is 0 Å². The summed E-state index contributed by atoms with van der Waals surface area (Å²) in [7, 11) is 0. The predicted octanol–water partition coefficient (Wildman–Crippen LogP) is 1.72. The third kappa shape index (κ3) is 1.37. The topological polar surface area (TPSA) is 48.0 Å². The van der Waals surface area contributed by atoms with E-state index in [4.69, 9.17) is 5.73 Å². The van der Waals surface area contributed by atoms with Crippen molar-refractivity contribution in [3.05, 3.63) is 28.2 Å². The van der Waals surface area contributed by atoms with Gasteiger partial charge in [0, 0.05) is 24.0 Å². The summed E-state index contributed by atoms with van der Waals surface area (Å²) in [5.74, 6) is 1.30. The molecule has 1 fully saturated rings. The minimum atomic E-state index is 0.0848. The maximum absolute atomic E-state index is 11.8. The standard InChI is InChI=1S/C12H16N2O/c13-10-5-11-9-3-1-2-8(4-9)7-14(11)12(15)6-10/h5-6,8-9H,1-4,7,13H2/t8?,9-/m1/s1. The molecule has 15 heavy (non-hydrogen) atoms. The minimum absolute atomic E-state index is 0.0848. The van der Waals surface area contributed by atoms with E-state index in [1.807, 2.05) is 10.6 Å². The SMILES string of the molecule is Nc1cc2n(c(=O)c1)CC1CCC[C@@H]2C1. The molecule has 2 heterocycles. The van der Waals surface area contributed by atoms with Crippen LogP contribution in [-0.2, 0) is 6.54 Å². The van der Waals surface area contributed by atoms with Crippen LogP contribution in [0.4, 0.5) is 5.69 Å². The highest BCUT2D eigenvalue weighted by molar-refractivity contribution is 5.39. The second kappa shape index (κ2) is 3.12. The molecule has 1 saturated carbocycles. The molecule has 0 spiro atoms. The summed E-state index contributed by atoms with van der Waals surface area (Å²) >= 11 is 0. The molecule has 1 aromatic heterocycles. The van der Waals surface area contributed by atoms with Gasteiger partial charge in [-0.2, -0.15) is 0 Å². The maximum atomic E-state index is 11.8. The van der Waals surface area contributed by atoms with Crippen LogP contribution in [0.15, 0.2) is 16.9 Å². The molecule has 2 N–H and O–H groups in total. The van der Waals surface area contributed by atoms with Gasteiger partial charge in [-0.1, -0.05) is 6.42 Å². The lowest BCUT2D eigenvalue weighted by atomic mass is 9.77. The lowest BCUT2D eigenvalue weighted by molar-refractivity contribution is 0.240. The first kappa shape index (κ1) is 9.01. The zero-order chi connectivity index (χ0) is 10.4. The van der Waals surface area contributed by atoms with E-state index in [2.05, 4.69) is 0 Å². The van der Waals surface area contributed by atoms with Gasteiger partial charge in [0.15, 0.2) is 0 Å². The van der Waals surface area contributed by atoms with Gasteiger partial charge in [-0.25, -0.2) is 0 Å². The van der Waals surface area contributed by atoms with E-state index in [-0.39, 0.29) is 5.56 Å². The number of aromatic nitrogens is 1. The van der Waals surface area contributed by atoms with Crippen molar-refractivity contribution in [1.29, 1.82) is 0 Å². The van der Waals surface area contributed by atoms with E-state index in [0.717, 1.165) is 12.5 Å². The average molecular weight is 204 g/mol. The second-order valence-corrected chi connectivity index (χ2v) is 4.89. The molecule has 0 saturated heterocycles. The normalized spacial score (nSPS) is 28.5. The zero-order valence-electron chi connectivity index (χ0n) is 8.78. The Morgan fingerprint density at radius 2 is 2.20 bits per heavy atom. The summed E-state index contributed by atoms with van der Waals surface area (Å²) in [6.07, 6.45) is 5.06. The number of nitrogens with zero attached hydrogens (tertiary/aromatic N) is 1. The number of fused-ring (bicyclic) bond motifs is 4. The highest BCUT2D eigenvalue weighted by Gasteiger charge is 2.30. The molecule has 2 aliphatic rings. The summed E-state index contributed by atoms with van der Waals surface area (Å²) in [4.78, 5) is 11.8. The summed E-state index contributed by atoms with van der Waals surface area (Å²) in [6.45, 7) is 0.908. The van der Waals surface area contributed by atoms with Gasteiger partial charge in [0.25, 0.3) is 5.56 Å². The van der Waals surface area contributed by atoms with Crippen molar-refractivity contribution in [1.82, 2.24) is 4.57 Å². The monoisotopic (exact) mass is 204 g/mol. The molecule has 1 aliphatic carbocycles. The van der Waals surface area contributed by atoms with Gasteiger partial charge in [0.1, 0.15) is 0 Å². The van der Waals surface area contributed by atoms with Crippen molar-refractivity contribution in [2.24, 2.45) is 5.92 Å². The number of anilines is 1. The highest BCUT2D eigenvalue weighted by atomic mass is 16.1. The Morgan fingerprint density at radius 1 is 1.33 bits per heavy atom. The molecule has 1 aliphatic heterocycles. The first-order chi connectivity index (χ1) is 7.24. The van der Waals surface area contributed by atoms with Crippen LogP contribution in [0.2, 0.25) is 0 Å². The molecule has 3 rings (SSSR count). The van der Waals surface area contributed by atoms with Gasteiger partial charge >= 0.3 is 0 Å². The van der Waals surface area contributed by atoms with Gasteiger partial charge < -0.3 is 10.3 Å². The Bertz CT molecular complexity index is 449. The lowest BCUT2D eigenvalue weighted by Gasteiger charge is -2.37. The first-order valence-electron chi connectivity index (χ1n) is 5.74. The largest absolute Gasteiger partial charge is 0.399 e. The van der Waals surface area contributed by atoms with Crippen LogP contribution < -0.4 is 11.3 Å². The summed E-state index contributed by atoms with van der Waals surface area (Å²) in [5, 5.41) is 0. The van der Waals surface area contributed by atoms with Gasteiger partial charge in [0.2, 0.25) is 0 Å². The van der Waals surface area contributed by atoms with Crippen molar-refractivity contribution in [2.75, 3.05) is 5.73 Å². The smallest absolute Gasteiger partial charge is 0.252 e. The number of hydrogen-bond acceptors (Lipinski definition) is 2.